The fourth-order valence-electron chi connectivity index (χ4n) is 5.09. The summed E-state index contributed by atoms with van der Waals surface area (Å²) in [6.07, 6.45) is 0.460. The Labute approximate surface area is 267 Å². The first-order valence-corrected chi connectivity index (χ1v) is 14.8. The summed E-state index contributed by atoms with van der Waals surface area (Å²) in [6, 6.07) is 12.9. The zero-order valence-corrected chi connectivity index (χ0v) is 26.7. The fraction of sp³-hybridized carbons (Fsp3) is 0.333. The van der Waals surface area contributed by atoms with Gasteiger partial charge in [0.25, 0.3) is 0 Å². The Kier molecular flexibility index (Phi) is 11.0. The number of allylic oxidation sites excluding steroid dienone is 1. The molecule has 2 amide bonds. The van der Waals surface area contributed by atoms with Crippen molar-refractivity contribution in [3.63, 3.8) is 0 Å². The van der Waals surface area contributed by atoms with Gasteiger partial charge in [-0.1, -0.05) is 6.07 Å². The lowest BCUT2D eigenvalue weighted by Crippen LogP contribution is -2.45. The number of nitrogens with one attached hydrogen (secondary N) is 3. The quantitative estimate of drug-likeness (QED) is 0.0950. The van der Waals surface area contributed by atoms with E-state index in [2.05, 4.69) is 21.2 Å². The number of methoxy groups -OCH3 is 1. The molecule has 0 spiro atoms. The highest BCUT2D eigenvalue weighted by Crippen LogP contribution is 2.35. The number of benzene rings is 2. The lowest BCUT2D eigenvalue weighted by Gasteiger charge is -2.28. The van der Waals surface area contributed by atoms with Gasteiger partial charge < -0.3 is 39.3 Å². The molecule has 0 fully saturated rings. The average Bonchev–Trinajstić information content (AvgIpc) is 3.32. The second-order valence-electron chi connectivity index (χ2n) is 10.3. The van der Waals surface area contributed by atoms with Crippen molar-refractivity contribution in [3.05, 3.63) is 87.9 Å². The number of aliphatic hydroxyl groups excluding tert-OH is 1. The number of carbonyl (C=O) groups is 3. The number of aliphatic hydroxyl groups is 1. The van der Waals surface area contributed by atoms with Gasteiger partial charge >= 0.3 is 18.0 Å². The van der Waals surface area contributed by atoms with Crippen LogP contribution in [0, 0.1) is 13.8 Å². The molecule has 3 aromatic rings. The summed E-state index contributed by atoms with van der Waals surface area (Å²) in [6.45, 7) is 9.61. The van der Waals surface area contributed by atoms with E-state index in [4.69, 9.17) is 18.9 Å². The normalized spacial score (nSPS) is 15.2. The lowest BCUT2D eigenvalue weighted by molar-refractivity contribution is -0.136. The van der Waals surface area contributed by atoms with Crippen LogP contribution in [0.3, 0.4) is 0 Å². The van der Waals surface area contributed by atoms with Crippen molar-refractivity contribution in [2.24, 2.45) is 5.10 Å². The average molecular weight is 634 g/mol. The summed E-state index contributed by atoms with van der Waals surface area (Å²) >= 11 is 0. The smallest absolute Gasteiger partial charge is 0.338 e. The molecule has 0 bridgehead atoms. The van der Waals surface area contributed by atoms with Crippen LogP contribution in [0.4, 0.5) is 4.79 Å². The number of esters is 2. The number of aromatic nitrogens is 1. The molecule has 0 saturated heterocycles. The van der Waals surface area contributed by atoms with Gasteiger partial charge in [0.1, 0.15) is 6.61 Å². The van der Waals surface area contributed by atoms with E-state index >= 15 is 0 Å². The summed E-state index contributed by atoms with van der Waals surface area (Å²) in [4.78, 5) is 36.6. The van der Waals surface area contributed by atoms with E-state index in [0.717, 1.165) is 22.6 Å². The molecule has 0 radical (unpaired) electrons. The molecule has 13 heteroatoms. The summed E-state index contributed by atoms with van der Waals surface area (Å²) in [5, 5.41) is 20.0. The molecule has 2 heterocycles. The van der Waals surface area contributed by atoms with Gasteiger partial charge in [0.15, 0.2) is 17.7 Å². The number of ether oxygens (including phenoxy) is 4. The van der Waals surface area contributed by atoms with Crippen molar-refractivity contribution >= 4 is 24.2 Å². The molecule has 244 valence electrons. The van der Waals surface area contributed by atoms with E-state index in [1.807, 2.05) is 43.5 Å². The Morgan fingerprint density at radius 2 is 1.76 bits per heavy atom. The third-order valence-corrected chi connectivity index (χ3v) is 7.21. The number of hydrogen-bond acceptors (Lipinski definition) is 10. The second-order valence-corrected chi connectivity index (χ2v) is 10.3. The Morgan fingerprint density at radius 3 is 2.43 bits per heavy atom. The summed E-state index contributed by atoms with van der Waals surface area (Å²) < 4.78 is 23.6. The molecule has 4 N–H and O–H groups in total. The van der Waals surface area contributed by atoms with Gasteiger partial charge in [-0.2, -0.15) is 5.10 Å². The Bertz CT molecular complexity index is 1640. The minimum Gasteiger partial charge on any atom is -0.490 e. The van der Waals surface area contributed by atoms with E-state index in [-0.39, 0.29) is 18.1 Å². The first kappa shape index (κ1) is 33.6. The molecule has 1 aliphatic rings. The van der Waals surface area contributed by atoms with Gasteiger partial charge in [-0.15, -0.1) is 0 Å². The molecular weight excluding hydrogens is 594 g/mol. The number of rotatable bonds is 13. The monoisotopic (exact) mass is 633 g/mol. The molecule has 1 aromatic heterocycles. The predicted octanol–water partition coefficient (Wildman–Crippen LogP) is 3.79. The van der Waals surface area contributed by atoms with Crippen molar-refractivity contribution in [1.82, 2.24) is 20.6 Å². The molecule has 0 unspecified atom stereocenters. The zero-order chi connectivity index (χ0) is 33.4. The predicted molar refractivity (Wildman–Crippen MR) is 170 cm³/mol. The Hall–Kier alpha value is -5.30. The van der Waals surface area contributed by atoms with Crippen LogP contribution in [0.5, 0.6) is 11.5 Å². The van der Waals surface area contributed by atoms with E-state index < -0.39 is 24.3 Å². The number of carbonyl (C=O) groups excluding carboxylic acids is 3. The maximum Gasteiger partial charge on any atom is 0.338 e. The van der Waals surface area contributed by atoms with Gasteiger partial charge in [0.05, 0.1) is 43.7 Å². The van der Waals surface area contributed by atoms with Crippen molar-refractivity contribution in [2.75, 3.05) is 26.9 Å². The fourth-order valence-corrected chi connectivity index (χ4v) is 5.09. The number of hydrazone groups is 1. The standard InChI is InChI=1S/C33H39N5O8/c1-7-44-27-16-23(30-29(32(41)43-6)20(4)35-33(42)36-30)11-14-26(27)46-18-28(39)37-34-17-24-15-19(3)38(21(24)5)25-12-9-22(10-13-25)31(40)45-8-2/h9-17,28,30,37,39H,7-8,18H2,1-6H3,(H2,35,36,42)/b34-17-/t28-,30+/m1/s1. The molecule has 0 aliphatic carbocycles. The maximum atomic E-state index is 12.5. The highest BCUT2D eigenvalue weighted by molar-refractivity contribution is 5.95. The van der Waals surface area contributed by atoms with Gasteiger partial charge in [0.2, 0.25) is 0 Å². The number of aryl methyl sites for hydroxylation is 1. The van der Waals surface area contributed by atoms with Gasteiger partial charge in [-0.25, -0.2) is 14.4 Å². The van der Waals surface area contributed by atoms with Crippen molar-refractivity contribution in [1.29, 1.82) is 0 Å². The van der Waals surface area contributed by atoms with Crippen LogP contribution in [0.25, 0.3) is 5.69 Å². The van der Waals surface area contributed by atoms with Gasteiger partial charge in [-0.3, -0.25) is 5.43 Å². The van der Waals surface area contributed by atoms with Crippen molar-refractivity contribution in [3.8, 4) is 17.2 Å². The summed E-state index contributed by atoms with van der Waals surface area (Å²) in [5.74, 6) is -0.215. The number of nitrogens with zero attached hydrogens (tertiary/aromatic N) is 2. The van der Waals surface area contributed by atoms with Gasteiger partial charge in [0, 0.05) is 28.3 Å². The van der Waals surface area contributed by atoms with Crippen LogP contribution in [-0.4, -0.2) is 67.0 Å². The maximum absolute atomic E-state index is 12.5. The molecule has 46 heavy (non-hydrogen) atoms. The van der Waals surface area contributed by atoms with Crippen LogP contribution in [0.15, 0.2) is 64.9 Å². The van der Waals surface area contributed by atoms with Crippen molar-refractivity contribution in [2.45, 2.75) is 46.9 Å². The van der Waals surface area contributed by atoms with E-state index in [9.17, 15) is 19.5 Å². The number of amides is 2. The van der Waals surface area contributed by atoms with Gasteiger partial charge in [-0.05, 0) is 82.6 Å². The molecule has 2 atom stereocenters. The van der Waals surface area contributed by atoms with Crippen LogP contribution in [-0.2, 0) is 14.3 Å². The topological polar surface area (TPSA) is 162 Å². The van der Waals surface area contributed by atoms with E-state index in [1.165, 1.54) is 7.11 Å². The SMILES string of the molecule is CCOC(=O)c1ccc(-n2c(C)cc(/C=N\N[C@H](O)COc3ccc([C@@H]4NC(=O)NC(C)=C4C(=O)OC)cc3OCC)c2C)cc1. The van der Waals surface area contributed by atoms with E-state index in [0.29, 0.717) is 41.5 Å². The lowest BCUT2D eigenvalue weighted by atomic mass is 9.95. The summed E-state index contributed by atoms with van der Waals surface area (Å²) in [5.41, 5.74) is 7.99. The highest BCUT2D eigenvalue weighted by atomic mass is 16.5. The highest BCUT2D eigenvalue weighted by Gasteiger charge is 2.32. The first-order valence-electron chi connectivity index (χ1n) is 14.8. The molecule has 13 nitrogen and oxygen atoms in total. The van der Waals surface area contributed by atoms with Crippen molar-refractivity contribution < 1.29 is 38.4 Å². The third kappa shape index (κ3) is 7.67. The Morgan fingerprint density at radius 1 is 1.02 bits per heavy atom. The van der Waals surface area contributed by atoms with Crippen LogP contribution >= 0.6 is 0 Å². The molecule has 4 rings (SSSR count). The minimum atomic E-state index is -1.15. The first-order chi connectivity index (χ1) is 22.1. The summed E-state index contributed by atoms with van der Waals surface area (Å²) in [7, 11) is 1.27. The number of hydrogen-bond donors (Lipinski definition) is 4. The molecular formula is C33H39N5O8. The van der Waals surface area contributed by atoms with Crippen LogP contribution in [0.2, 0.25) is 0 Å². The van der Waals surface area contributed by atoms with E-state index in [1.54, 1.807) is 50.4 Å². The number of urea groups is 1. The largest absolute Gasteiger partial charge is 0.490 e. The molecule has 0 saturated carbocycles. The van der Waals surface area contributed by atoms with Crippen LogP contribution in [0.1, 0.15) is 59.7 Å². The minimum absolute atomic E-state index is 0.154. The van der Waals surface area contributed by atoms with Crippen LogP contribution < -0.4 is 25.5 Å². The second kappa shape index (κ2) is 15.1. The molecule has 1 aliphatic heterocycles. The zero-order valence-electron chi connectivity index (χ0n) is 26.7. The third-order valence-electron chi connectivity index (χ3n) is 7.21. The Balaban J connectivity index is 1.41. The molecule has 2 aromatic carbocycles.